The maximum absolute atomic E-state index is 7.25. The van der Waals surface area contributed by atoms with Gasteiger partial charge in [-0.25, -0.2) is 0 Å². The molecule has 0 unspecified atom stereocenters. The van der Waals surface area contributed by atoms with Crippen LogP contribution in [0.25, 0.3) is 0 Å². The lowest BCUT2D eigenvalue weighted by Gasteiger charge is -2.19. The molecule has 2 atom stereocenters. The van der Waals surface area contributed by atoms with E-state index >= 15 is 0 Å². The van der Waals surface area contributed by atoms with Crippen LogP contribution in [-0.2, 0) is 4.18 Å². The molecule has 0 aromatic heterocycles. The summed E-state index contributed by atoms with van der Waals surface area (Å²) in [4.78, 5) is 0. The fourth-order valence-electron chi connectivity index (χ4n) is 1.46. The van der Waals surface area contributed by atoms with Crippen LogP contribution < -0.4 is 0 Å². The third-order valence-electron chi connectivity index (χ3n) is 2.44. The van der Waals surface area contributed by atoms with Gasteiger partial charge >= 0.3 is 0 Å². The van der Waals surface area contributed by atoms with E-state index in [0.717, 1.165) is 37.7 Å². The number of aliphatic hydroxyl groups excluding tert-OH is 1. The first-order valence-corrected chi connectivity index (χ1v) is 7.57. The maximum Gasteiger partial charge on any atom is 0.211 e. The molecule has 0 saturated heterocycles. The molecule has 0 spiro atoms. The quantitative estimate of drug-likeness (QED) is 0.196. The second-order valence-electron chi connectivity index (χ2n) is 4.02. The van der Waals surface area contributed by atoms with Crippen molar-refractivity contribution < 1.29 is 9.29 Å². The molecule has 0 radical (unpaired) electrons. The van der Waals surface area contributed by atoms with Crippen LogP contribution in [0, 0.1) is 11.8 Å². The molecule has 0 aromatic carbocycles. The van der Waals surface area contributed by atoms with E-state index in [9.17, 15) is 0 Å². The number of aliphatic hydroxyl groups is 1. The summed E-state index contributed by atoms with van der Waals surface area (Å²) in [6.07, 6.45) is 10.4. The zero-order valence-electron chi connectivity index (χ0n) is 14.8. The van der Waals surface area contributed by atoms with E-state index in [4.69, 9.17) is 13.4 Å². The smallest absolute Gasteiger partial charge is 0.211 e. The Balaban J connectivity index is 4.59. The molecule has 106 valence electrons. The van der Waals surface area contributed by atoms with Gasteiger partial charge in [0.15, 0.2) is 0 Å². The summed E-state index contributed by atoms with van der Waals surface area (Å²) in [5.41, 5.74) is 0.265. The zero-order valence-corrected chi connectivity index (χ0v) is 12.6. The highest BCUT2D eigenvalue weighted by atomic mass is 32.2. The summed E-state index contributed by atoms with van der Waals surface area (Å²) < 4.78 is 27.2. The van der Waals surface area contributed by atoms with Crippen molar-refractivity contribution in [2.24, 2.45) is 0 Å². The number of unbranched alkanes of at least 4 members (excludes halogenated alkanes) is 2. The third-order valence-corrected chi connectivity index (χ3v) is 2.94. The van der Waals surface area contributed by atoms with Crippen LogP contribution in [0.2, 0.25) is 0 Å². The van der Waals surface area contributed by atoms with Crippen molar-refractivity contribution in [1.82, 2.24) is 0 Å². The monoisotopic (exact) mass is 285 g/mol. The van der Waals surface area contributed by atoms with Gasteiger partial charge in [-0.2, -0.15) is 0 Å². The minimum absolute atomic E-state index is 0.265. The number of allylic oxidation sites excluding steroid dienone is 3. The highest BCUT2D eigenvalue weighted by Gasteiger charge is 2.16. The minimum atomic E-state index is -0.926. The number of hydrogen-bond donors (Lipinski definition) is 1. The van der Waals surface area contributed by atoms with E-state index in [-0.39, 0.29) is 17.9 Å². The molecule has 0 aliphatic carbocycles. The van der Waals surface area contributed by atoms with Crippen LogP contribution in [0.4, 0.5) is 0 Å². The summed E-state index contributed by atoms with van der Waals surface area (Å²) in [7, 11) is -0.926. The molecule has 0 rings (SSSR count). The standard InChI is InChI=1S/C15H25BO2S/c1-3-5-7-8-10-12-15(18-19-13-16)14(17)11-9-6-4-2/h7-8,10,12,14-15,17H,4,6,9,11,13,16H2,1-2H3/b8-7+,12-10-/t14-,15-/m0/s1/i16TD,17T. The number of rotatable bonds is 12. The molecule has 4 heteroatoms. The van der Waals surface area contributed by atoms with Crippen LogP contribution >= 0.6 is 12.0 Å². The van der Waals surface area contributed by atoms with Gasteiger partial charge in [-0.05, 0) is 39.8 Å². The highest BCUT2D eigenvalue weighted by molar-refractivity contribution is 7.95. The molecule has 0 heterocycles. The Morgan fingerprint density at radius 2 is 2.53 bits per heavy atom. The lowest BCUT2D eigenvalue weighted by molar-refractivity contribution is 0.0680. The highest BCUT2D eigenvalue weighted by Crippen LogP contribution is 2.15. The zero-order chi connectivity index (χ0) is 16.6. The first-order valence-electron chi connectivity index (χ1n) is 8.22. The minimum Gasteiger partial charge on any atom is -0.390 e. The van der Waals surface area contributed by atoms with E-state index in [2.05, 4.69) is 18.8 Å². The van der Waals surface area contributed by atoms with Crippen molar-refractivity contribution in [3.8, 4) is 11.8 Å². The van der Waals surface area contributed by atoms with Crippen LogP contribution in [-0.4, -0.2) is 34.8 Å². The molecule has 19 heavy (non-hydrogen) atoms. The maximum atomic E-state index is 7.25. The Labute approximate surface area is 127 Å². The normalized spacial score (nSPS) is 16.4. The van der Waals surface area contributed by atoms with Crippen molar-refractivity contribution in [3.63, 3.8) is 0 Å². The van der Waals surface area contributed by atoms with Crippen molar-refractivity contribution in [3.05, 3.63) is 24.3 Å². The van der Waals surface area contributed by atoms with E-state index in [0.29, 0.717) is 0 Å². The van der Waals surface area contributed by atoms with E-state index in [1.54, 1.807) is 13.0 Å². The van der Waals surface area contributed by atoms with Crippen LogP contribution in [0.5, 0.6) is 0 Å². The van der Waals surface area contributed by atoms with Gasteiger partial charge in [-0.1, -0.05) is 50.3 Å². The first kappa shape index (κ1) is 13.4. The Morgan fingerprint density at radius 1 is 1.63 bits per heavy atom. The molecule has 0 aromatic rings. The van der Waals surface area contributed by atoms with Crippen molar-refractivity contribution in [1.29, 1.82) is 4.10 Å². The van der Waals surface area contributed by atoms with Crippen LogP contribution in [0.15, 0.2) is 24.3 Å². The summed E-state index contributed by atoms with van der Waals surface area (Å²) >= 11 is 1.08. The van der Waals surface area contributed by atoms with E-state index in [1.807, 2.05) is 18.2 Å². The molecule has 0 aliphatic rings. The predicted molar refractivity (Wildman–Crippen MR) is 87.8 cm³/mol. The predicted octanol–water partition coefficient (Wildman–Crippen LogP) is 2.69. The van der Waals surface area contributed by atoms with Crippen LogP contribution in [0.3, 0.4) is 0 Å². The Morgan fingerprint density at radius 3 is 3.21 bits per heavy atom. The molecular weight excluding hydrogens is 255 g/mol. The first-order chi connectivity index (χ1) is 10.7. The third kappa shape index (κ3) is 10.9. The molecule has 1 N–H and O–H groups in total. The number of hydrogen-bond acceptors (Lipinski definition) is 3. The Kier molecular flexibility index (Phi) is 9.70. The molecule has 0 saturated carbocycles. The molecule has 0 fully saturated rings. The average molecular weight is 285 g/mol. The second kappa shape index (κ2) is 13.8. The lowest BCUT2D eigenvalue weighted by Crippen LogP contribution is -2.25. The Bertz CT molecular complexity index is 381. The van der Waals surface area contributed by atoms with Gasteiger partial charge in [0, 0.05) is 0 Å². The van der Waals surface area contributed by atoms with Crippen molar-refractivity contribution in [2.75, 3.05) is 5.65 Å². The van der Waals surface area contributed by atoms with Gasteiger partial charge in [0.1, 0.15) is 13.9 Å². The fourth-order valence-corrected chi connectivity index (χ4v) is 1.88. The lowest BCUT2D eigenvalue weighted by atomic mass is 10.1. The molecule has 0 aliphatic heterocycles. The second-order valence-corrected chi connectivity index (χ2v) is 4.78. The van der Waals surface area contributed by atoms with Crippen LogP contribution in [0.1, 0.15) is 39.5 Å². The summed E-state index contributed by atoms with van der Waals surface area (Å²) in [5, 5.41) is 4.81. The van der Waals surface area contributed by atoms with Gasteiger partial charge in [0.25, 0.3) is 0 Å². The molecule has 0 amide bonds. The van der Waals surface area contributed by atoms with Gasteiger partial charge in [0.05, 0.1) is 6.10 Å². The molecule has 2 nitrogen and oxygen atoms in total. The summed E-state index contributed by atoms with van der Waals surface area (Å²) in [6.45, 7) is 3.90. The topological polar surface area (TPSA) is 29.5 Å². The fraction of sp³-hybridized carbons (Fsp3) is 0.600. The largest absolute Gasteiger partial charge is 0.390 e. The molecular formula is C15H25BO2S. The van der Waals surface area contributed by atoms with Crippen molar-refractivity contribution >= 4 is 19.8 Å². The van der Waals surface area contributed by atoms with Gasteiger partial charge in [0.2, 0.25) is 1.43 Å². The van der Waals surface area contributed by atoms with E-state index in [1.165, 1.54) is 0 Å². The summed E-state index contributed by atoms with van der Waals surface area (Å²) in [5.74, 6) is 5.59. The Hall–Kier alpha value is -0.625. The van der Waals surface area contributed by atoms with Gasteiger partial charge in [-0.15, -0.1) is 5.92 Å². The van der Waals surface area contributed by atoms with Gasteiger partial charge in [-0.3, -0.25) is 0 Å². The average Bonchev–Trinajstić information content (AvgIpc) is 2.50. The molecule has 0 bridgehead atoms. The SMILES string of the molecule is [2H]B([3H])CSO[C@@H](/C=C\C=C\C#CC)[C@H](CCCCC)O[3H]. The van der Waals surface area contributed by atoms with Gasteiger partial charge < -0.3 is 9.29 Å². The van der Waals surface area contributed by atoms with Crippen molar-refractivity contribution in [2.45, 2.75) is 51.7 Å². The summed E-state index contributed by atoms with van der Waals surface area (Å²) in [6, 6.07) is 0. The van der Waals surface area contributed by atoms with E-state index < -0.39 is 7.77 Å².